The zero-order valence-electron chi connectivity index (χ0n) is 17.4. The van der Waals surface area contributed by atoms with Gasteiger partial charge in [0.25, 0.3) is 0 Å². The normalized spacial score (nSPS) is 13.9. The van der Waals surface area contributed by atoms with Gasteiger partial charge < -0.3 is 25.0 Å². The monoisotopic (exact) mass is 426 g/mol. The summed E-state index contributed by atoms with van der Waals surface area (Å²) in [6, 6.07) is 7.96. The standard InChI is InChI=1S/C21H26N6O2S/c1-4-22-21-24-14(2)19(30-21)16-7-8-23-20(26-16)25-15-5-6-17(18(13-15)28-3)27-9-11-29-12-10-27/h5-8,13H,4,9-12H2,1-3H3,(H,22,24)(H,23,25,26). The van der Waals surface area contributed by atoms with Crippen LogP contribution in [0.15, 0.2) is 30.5 Å². The van der Waals surface area contributed by atoms with Crippen molar-refractivity contribution in [1.29, 1.82) is 0 Å². The average Bonchev–Trinajstić information content (AvgIpc) is 3.15. The fraction of sp³-hybridized carbons (Fsp3) is 0.381. The van der Waals surface area contributed by atoms with Gasteiger partial charge in [-0.3, -0.25) is 0 Å². The lowest BCUT2D eigenvalue weighted by atomic mass is 10.2. The molecule has 1 aromatic carbocycles. The van der Waals surface area contributed by atoms with Gasteiger partial charge >= 0.3 is 0 Å². The summed E-state index contributed by atoms with van der Waals surface area (Å²) < 4.78 is 11.1. The van der Waals surface area contributed by atoms with Crippen LogP contribution in [0.2, 0.25) is 0 Å². The van der Waals surface area contributed by atoms with Crippen LogP contribution in [-0.2, 0) is 4.74 Å². The molecule has 0 atom stereocenters. The van der Waals surface area contributed by atoms with E-state index in [1.807, 2.05) is 25.1 Å². The number of aromatic nitrogens is 3. The molecule has 1 aliphatic heterocycles. The van der Waals surface area contributed by atoms with Crippen LogP contribution >= 0.6 is 11.3 Å². The third-order valence-corrected chi connectivity index (χ3v) is 5.94. The lowest BCUT2D eigenvalue weighted by Gasteiger charge is -2.30. The molecule has 3 heterocycles. The largest absolute Gasteiger partial charge is 0.495 e. The molecule has 0 spiro atoms. The highest BCUT2D eigenvalue weighted by Gasteiger charge is 2.16. The van der Waals surface area contributed by atoms with Crippen molar-refractivity contribution in [2.45, 2.75) is 13.8 Å². The van der Waals surface area contributed by atoms with E-state index < -0.39 is 0 Å². The van der Waals surface area contributed by atoms with Crippen molar-refractivity contribution >= 4 is 33.8 Å². The molecule has 1 saturated heterocycles. The van der Waals surface area contributed by atoms with E-state index in [1.165, 1.54) is 0 Å². The van der Waals surface area contributed by atoms with Crippen molar-refractivity contribution < 1.29 is 9.47 Å². The molecule has 2 aromatic heterocycles. The molecular formula is C21H26N6O2S. The number of anilines is 4. The minimum Gasteiger partial charge on any atom is -0.495 e. The van der Waals surface area contributed by atoms with Gasteiger partial charge in [0.15, 0.2) is 5.13 Å². The summed E-state index contributed by atoms with van der Waals surface area (Å²) in [6.07, 6.45) is 1.76. The molecule has 0 unspecified atom stereocenters. The van der Waals surface area contributed by atoms with E-state index in [4.69, 9.17) is 14.5 Å². The van der Waals surface area contributed by atoms with Crippen molar-refractivity contribution in [1.82, 2.24) is 15.0 Å². The summed E-state index contributed by atoms with van der Waals surface area (Å²) in [4.78, 5) is 17.0. The van der Waals surface area contributed by atoms with Gasteiger partial charge in [0.05, 0.1) is 42.3 Å². The minimum absolute atomic E-state index is 0.534. The van der Waals surface area contributed by atoms with Crippen LogP contribution in [0.25, 0.3) is 10.6 Å². The molecule has 0 aliphatic carbocycles. The van der Waals surface area contributed by atoms with Gasteiger partial charge in [-0.25, -0.2) is 15.0 Å². The van der Waals surface area contributed by atoms with E-state index >= 15 is 0 Å². The van der Waals surface area contributed by atoms with Gasteiger partial charge in [0, 0.05) is 37.6 Å². The Hall–Kier alpha value is -2.91. The second-order valence-corrected chi connectivity index (χ2v) is 7.84. The van der Waals surface area contributed by atoms with E-state index in [-0.39, 0.29) is 0 Å². The number of rotatable bonds is 7. The quantitative estimate of drug-likeness (QED) is 0.588. The van der Waals surface area contributed by atoms with Crippen molar-refractivity contribution in [3.8, 4) is 16.3 Å². The molecule has 0 bridgehead atoms. The molecule has 158 valence electrons. The average molecular weight is 427 g/mol. The number of ether oxygens (including phenoxy) is 2. The highest BCUT2D eigenvalue weighted by atomic mass is 32.1. The second-order valence-electron chi connectivity index (χ2n) is 6.84. The van der Waals surface area contributed by atoms with Crippen molar-refractivity contribution in [2.24, 2.45) is 0 Å². The van der Waals surface area contributed by atoms with Gasteiger partial charge in [-0.15, -0.1) is 0 Å². The van der Waals surface area contributed by atoms with Crippen molar-refractivity contribution in [2.75, 3.05) is 55.5 Å². The minimum atomic E-state index is 0.534. The Balaban J connectivity index is 1.55. The number of morpholine rings is 1. The lowest BCUT2D eigenvalue weighted by Crippen LogP contribution is -2.36. The van der Waals surface area contributed by atoms with E-state index in [1.54, 1.807) is 24.6 Å². The number of nitrogens with zero attached hydrogens (tertiary/aromatic N) is 4. The van der Waals surface area contributed by atoms with Gasteiger partial charge in [0.2, 0.25) is 5.95 Å². The van der Waals surface area contributed by atoms with Gasteiger partial charge in [-0.1, -0.05) is 11.3 Å². The maximum absolute atomic E-state index is 5.63. The van der Waals surface area contributed by atoms with Crippen LogP contribution in [0, 0.1) is 6.92 Å². The number of hydrogen-bond acceptors (Lipinski definition) is 9. The smallest absolute Gasteiger partial charge is 0.227 e. The van der Waals surface area contributed by atoms with Crippen LogP contribution in [-0.4, -0.2) is 54.9 Å². The summed E-state index contributed by atoms with van der Waals surface area (Å²) in [7, 11) is 1.69. The topological polar surface area (TPSA) is 84.4 Å². The Labute approximate surface area is 180 Å². The Bertz CT molecular complexity index is 1000. The van der Waals surface area contributed by atoms with Crippen LogP contribution in [0.3, 0.4) is 0 Å². The molecule has 0 radical (unpaired) electrons. The van der Waals surface area contributed by atoms with E-state index in [9.17, 15) is 0 Å². The molecule has 3 aromatic rings. The zero-order valence-corrected chi connectivity index (χ0v) is 18.3. The number of nitrogens with one attached hydrogen (secondary N) is 2. The van der Waals surface area contributed by atoms with Crippen molar-refractivity contribution in [3.63, 3.8) is 0 Å². The number of thiazole rings is 1. The first-order valence-electron chi connectivity index (χ1n) is 10.0. The predicted octanol–water partition coefficient (Wildman–Crippen LogP) is 3.93. The maximum Gasteiger partial charge on any atom is 0.227 e. The summed E-state index contributed by atoms with van der Waals surface area (Å²) >= 11 is 1.60. The highest BCUT2D eigenvalue weighted by molar-refractivity contribution is 7.19. The predicted molar refractivity (Wildman–Crippen MR) is 121 cm³/mol. The molecule has 30 heavy (non-hydrogen) atoms. The van der Waals surface area contributed by atoms with Gasteiger partial charge in [-0.2, -0.15) is 0 Å². The molecule has 4 rings (SSSR count). The van der Waals surface area contributed by atoms with Crippen LogP contribution < -0.4 is 20.3 Å². The van der Waals surface area contributed by atoms with Gasteiger partial charge in [0.1, 0.15) is 5.75 Å². The molecular weight excluding hydrogens is 400 g/mol. The fourth-order valence-electron chi connectivity index (χ4n) is 3.36. The van der Waals surface area contributed by atoms with Crippen molar-refractivity contribution in [3.05, 3.63) is 36.2 Å². The first-order chi connectivity index (χ1) is 14.7. The highest BCUT2D eigenvalue weighted by Crippen LogP contribution is 2.34. The summed E-state index contributed by atoms with van der Waals surface area (Å²) in [5.74, 6) is 1.35. The third-order valence-electron chi connectivity index (χ3n) is 4.80. The molecule has 0 amide bonds. The number of hydrogen-bond donors (Lipinski definition) is 2. The first-order valence-corrected chi connectivity index (χ1v) is 10.8. The second kappa shape index (κ2) is 9.27. The van der Waals surface area contributed by atoms with Gasteiger partial charge in [-0.05, 0) is 32.0 Å². The zero-order chi connectivity index (χ0) is 20.9. The Morgan fingerprint density at radius 2 is 2.03 bits per heavy atom. The van der Waals surface area contributed by atoms with E-state index in [0.717, 1.165) is 71.4 Å². The first kappa shape index (κ1) is 20.4. The summed E-state index contributed by atoms with van der Waals surface area (Å²) in [5, 5.41) is 7.46. The Kier molecular flexibility index (Phi) is 6.29. The molecule has 0 saturated carbocycles. The Morgan fingerprint density at radius 3 is 2.80 bits per heavy atom. The van der Waals surface area contributed by atoms with Crippen LogP contribution in [0.4, 0.5) is 22.5 Å². The SMILES string of the molecule is CCNc1nc(C)c(-c2ccnc(Nc3ccc(N4CCOCC4)c(OC)c3)n2)s1. The molecule has 1 fully saturated rings. The number of methoxy groups -OCH3 is 1. The van der Waals surface area contributed by atoms with E-state index in [2.05, 4.69) is 38.5 Å². The maximum atomic E-state index is 5.63. The van der Waals surface area contributed by atoms with E-state index in [0.29, 0.717) is 5.95 Å². The molecule has 1 aliphatic rings. The van der Waals surface area contributed by atoms with Crippen LogP contribution in [0.1, 0.15) is 12.6 Å². The third kappa shape index (κ3) is 4.47. The molecule has 2 N–H and O–H groups in total. The Morgan fingerprint density at radius 1 is 1.20 bits per heavy atom. The summed E-state index contributed by atoms with van der Waals surface area (Å²) in [6.45, 7) is 8.07. The molecule has 9 heteroatoms. The number of benzene rings is 1. The van der Waals surface area contributed by atoms with Crippen LogP contribution in [0.5, 0.6) is 5.75 Å². The molecule has 8 nitrogen and oxygen atoms in total. The summed E-state index contributed by atoms with van der Waals surface area (Å²) in [5.41, 5.74) is 3.74. The lowest BCUT2D eigenvalue weighted by molar-refractivity contribution is 0.122. The fourth-order valence-corrected chi connectivity index (χ4v) is 4.36. The number of aryl methyl sites for hydroxylation is 1.